The van der Waals surface area contributed by atoms with Crippen LogP contribution in [0.15, 0.2) is 42.0 Å². The minimum Gasteiger partial charge on any atom is -0.0651 e. The Labute approximate surface area is 134 Å². The third kappa shape index (κ3) is 1.75. The van der Waals surface area contributed by atoms with Gasteiger partial charge in [0.2, 0.25) is 0 Å². The number of hydrogen-bond donors (Lipinski definition) is 0. The molecule has 1 aliphatic carbocycles. The number of benzene rings is 2. The predicted molar refractivity (Wildman–Crippen MR) is 99.0 cm³/mol. The van der Waals surface area contributed by atoms with Gasteiger partial charge in [0.05, 0.1) is 0 Å². The van der Waals surface area contributed by atoms with Gasteiger partial charge in [-0.15, -0.1) is 0 Å². The van der Waals surface area contributed by atoms with Crippen LogP contribution in [-0.4, -0.2) is 8.07 Å². The van der Waals surface area contributed by atoms with Crippen molar-refractivity contribution < 1.29 is 0 Å². The Bertz CT molecular complexity index is 791. The van der Waals surface area contributed by atoms with Gasteiger partial charge in [-0.1, -0.05) is 68.4 Å². The van der Waals surface area contributed by atoms with Crippen molar-refractivity contribution in [3.8, 4) is 11.1 Å². The number of fused-ring (bicyclic) bond motifs is 1. The van der Waals surface area contributed by atoms with E-state index in [0.29, 0.717) is 0 Å². The van der Waals surface area contributed by atoms with Gasteiger partial charge in [0, 0.05) is 6.42 Å². The molecule has 0 N–H and O–H groups in total. The Morgan fingerprint density at radius 2 is 1.64 bits per heavy atom. The SMILES string of the molecule is CCCc1ccc(-c2c3ccc4c2C(=C(C)[CH]4)[Si]3(C)C)cc1. The predicted octanol–water partition coefficient (Wildman–Crippen LogP) is 5.11. The molecule has 0 spiro atoms. The largest absolute Gasteiger partial charge is 0.113 e. The molecule has 0 atom stereocenters. The summed E-state index contributed by atoms with van der Waals surface area (Å²) in [5.74, 6) is 0. The highest BCUT2D eigenvalue weighted by molar-refractivity contribution is 7.07. The Hall–Kier alpha value is -1.60. The molecule has 2 aromatic rings. The summed E-state index contributed by atoms with van der Waals surface area (Å²) < 4.78 is 0. The summed E-state index contributed by atoms with van der Waals surface area (Å²) in [4.78, 5) is 0. The first-order chi connectivity index (χ1) is 10.5. The summed E-state index contributed by atoms with van der Waals surface area (Å²) in [5.41, 5.74) is 8.87. The fourth-order valence-electron chi connectivity index (χ4n) is 4.40. The van der Waals surface area contributed by atoms with Crippen LogP contribution >= 0.6 is 0 Å². The molecule has 1 heteroatoms. The number of hydrogen-bond acceptors (Lipinski definition) is 0. The van der Waals surface area contributed by atoms with Crippen LogP contribution in [0.5, 0.6) is 0 Å². The zero-order valence-electron chi connectivity index (χ0n) is 14.0. The summed E-state index contributed by atoms with van der Waals surface area (Å²) in [7, 11) is -1.51. The van der Waals surface area contributed by atoms with E-state index in [0.717, 1.165) is 0 Å². The topological polar surface area (TPSA) is 0 Å². The molecule has 1 radical (unpaired) electrons. The monoisotopic (exact) mass is 303 g/mol. The molecule has 0 unspecified atom stereocenters. The van der Waals surface area contributed by atoms with Gasteiger partial charge in [-0.3, -0.25) is 0 Å². The lowest BCUT2D eigenvalue weighted by Crippen LogP contribution is -2.39. The summed E-state index contributed by atoms with van der Waals surface area (Å²) in [5, 5.41) is 3.30. The van der Waals surface area contributed by atoms with Crippen LogP contribution in [-0.2, 0) is 6.42 Å². The van der Waals surface area contributed by atoms with Crippen molar-refractivity contribution in [2.75, 3.05) is 0 Å². The van der Waals surface area contributed by atoms with Crippen molar-refractivity contribution in [2.24, 2.45) is 0 Å². The molecule has 0 amide bonds. The molecule has 4 rings (SSSR count). The molecular formula is C21H23Si. The third-order valence-electron chi connectivity index (χ3n) is 5.33. The van der Waals surface area contributed by atoms with Crippen LogP contribution in [0.1, 0.15) is 37.0 Å². The van der Waals surface area contributed by atoms with E-state index in [4.69, 9.17) is 0 Å². The number of rotatable bonds is 3. The van der Waals surface area contributed by atoms with Gasteiger partial charge >= 0.3 is 0 Å². The van der Waals surface area contributed by atoms with E-state index in [-0.39, 0.29) is 0 Å². The van der Waals surface area contributed by atoms with E-state index in [1.807, 2.05) is 0 Å². The highest BCUT2D eigenvalue weighted by Gasteiger charge is 2.44. The Balaban J connectivity index is 1.92. The molecule has 0 saturated carbocycles. The molecule has 2 bridgehead atoms. The van der Waals surface area contributed by atoms with E-state index < -0.39 is 8.07 Å². The molecule has 0 nitrogen and oxygen atoms in total. The standard InChI is InChI=1S/C21H23Si/c1-5-6-15-7-9-16(10-8-15)19-18-12-11-17-13-14(2)21(20(17)19)22(18,3)4/h7-13H,5-6H2,1-4H3. The van der Waals surface area contributed by atoms with Gasteiger partial charge in [0.25, 0.3) is 0 Å². The van der Waals surface area contributed by atoms with Crippen molar-refractivity contribution >= 4 is 18.5 Å². The normalized spacial score (nSPS) is 17.5. The maximum absolute atomic E-state index is 2.51. The average Bonchev–Trinajstić information content (AvgIpc) is 2.91. The first-order valence-electron chi connectivity index (χ1n) is 8.37. The Kier molecular flexibility index (Phi) is 2.99. The second-order valence-electron chi connectivity index (χ2n) is 7.23. The van der Waals surface area contributed by atoms with E-state index in [1.165, 1.54) is 40.7 Å². The number of aryl methyl sites for hydroxylation is 1. The molecule has 2 aromatic carbocycles. The van der Waals surface area contributed by atoms with Crippen LogP contribution in [0, 0.1) is 6.42 Å². The van der Waals surface area contributed by atoms with Gasteiger partial charge in [-0.25, -0.2) is 0 Å². The van der Waals surface area contributed by atoms with Crippen LogP contribution < -0.4 is 5.19 Å². The van der Waals surface area contributed by atoms with Gasteiger partial charge in [-0.05, 0) is 51.5 Å². The van der Waals surface area contributed by atoms with E-state index in [2.05, 4.69) is 69.8 Å². The van der Waals surface area contributed by atoms with E-state index >= 15 is 0 Å². The molecular weight excluding hydrogens is 280 g/mol. The van der Waals surface area contributed by atoms with Crippen molar-refractivity contribution in [3.63, 3.8) is 0 Å². The van der Waals surface area contributed by atoms with Crippen molar-refractivity contribution in [1.29, 1.82) is 0 Å². The van der Waals surface area contributed by atoms with Gasteiger partial charge in [0.1, 0.15) is 8.07 Å². The molecule has 0 saturated heterocycles. The van der Waals surface area contributed by atoms with Crippen LogP contribution in [0.3, 0.4) is 0 Å². The molecule has 1 aliphatic heterocycles. The maximum Gasteiger partial charge on any atom is 0.113 e. The lowest BCUT2D eigenvalue weighted by atomic mass is 9.96. The van der Waals surface area contributed by atoms with Crippen LogP contribution in [0.25, 0.3) is 16.3 Å². The molecule has 111 valence electrons. The van der Waals surface area contributed by atoms with Crippen molar-refractivity contribution in [1.82, 2.24) is 0 Å². The average molecular weight is 304 g/mol. The third-order valence-corrected chi connectivity index (χ3v) is 8.99. The fourth-order valence-corrected chi connectivity index (χ4v) is 8.01. The smallest absolute Gasteiger partial charge is 0.0651 e. The lowest BCUT2D eigenvalue weighted by molar-refractivity contribution is 0.922. The lowest BCUT2D eigenvalue weighted by Gasteiger charge is -2.20. The molecule has 2 aliphatic rings. The highest BCUT2D eigenvalue weighted by Crippen LogP contribution is 2.49. The summed E-state index contributed by atoms with van der Waals surface area (Å²) in [6.45, 7) is 9.55. The zero-order valence-corrected chi connectivity index (χ0v) is 15.0. The molecule has 0 aromatic heterocycles. The first kappa shape index (κ1) is 14.0. The van der Waals surface area contributed by atoms with Gasteiger partial charge < -0.3 is 0 Å². The molecule has 1 heterocycles. The Morgan fingerprint density at radius 3 is 2.32 bits per heavy atom. The molecule has 0 fully saturated rings. The highest BCUT2D eigenvalue weighted by atomic mass is 28.3. The van der Waals surface area contributed by atoms with E-state index in [1.54, 1.807) is 15.9 Å². The van der Waals surface area contributed by atoms with Crippen molar-refractivity contribution in [3.05, 3.63) is 65.1 Å². The second kappa shape index (κ2) is 4.69. The maximum atomic E-state index is 2.51. The zero-order chi connectivity index (χ0) is 15.5. The second-order valence-corrected chi connectivity index (χ2v) is 11.5. The van der Waals surface area contributed by atoms with E-state index in [9.17, 15) is 0 Å². The van der Waals surface area contributed by atoms with Crippen LogP contribution in [0.2, 0.25) is 13.1 Å². The summed E-state index contributed by atoms with van der Waals surface area (Å²) in [6, 6.07) is 14.0. The van der Waals surface area contributed by atoms with Crippen LogP contribution in [0.4, 0.5) is 0 Å². The molecule has 22 heavy (non-hydrogen) atoms. The van der Waals surface area contributed by atoms with Crippen molar-refractivity contribution in [2.45, 2.75) is 39.8 Å². The quantitative estimate of drug-likeness (QED) is 0.691. The van der Waals surface area contributed by atoms with Gasteiger partial charge in [0.15, 0.2) is 0 Å². The summed E-state index contributed by atoms with van der Waals surface area (Å²) >= 11 is 0. The fraction of sp³-hybridized carbons (Fsp3) is 0.286. The van der Waals surface area contributed by atoms with Gasteiger partial charge in [-0.2, -0.15) is 0 Å². The summed E-state index contributed by atoms with van der Waals surface area (Å²) in [6.07, 6.45) is 4.78. The number of allylic oxidation sites excluding steroid dienone is 1. The Morgan fingerprint density at radius 1 is 0.909 bits per heavy atom. The first-order valence-corrected chi connectivity index (χ1v) is 11.4. The minimum absolute atomic E-state index is 1.18. The minimum atomic E-state index is -1.51.